The topological polar surface area (TPSA) is 62.6 Å². The predicted molar refractivity (Wildman–Crippen MR) is 87.5 cm³/mol. The first-order valence-electron chi connectivity index (χ1n) is 6.53. The van der Waals surface area contributed by atoms with Gasteiger partial charge in [-0.25, -0.2) is 8.78 Å². The van der Waals surface area contributed by atoms with Crippen LogP contribution in [0.1, 0.15) is 16.1 Å². The summed E-state index contributed by atoms with van der Waals surface area (Å²) in [5.41, 5.74) is 2.13. The molecule has 1 aromatic carbocycles. The molecular formula is C15H8F2N2O3S2. The highest BCUT2D eigenvalue weighted by atomic mass is 32.2. The maximum absolute atomic E-state index is 13.2. The number of hydrazine groups is 1. The maximum atomic E-state index is 13.2. The summed E-state index contributed by atoms with van der Waals surface area (Å²) in [6.45, 7) is 0. The maximum Gasteiger partial charge on any atom is 0.285 e. The SMILES string of the molecule is O=C(NN1C(=O)/C(=C\c2ccco2)SC1=S)c1ccc(F)c(F)c1. The summed E-state index contributed by atoms with van der Waals surface area (Å²) < 4.78 is 31.3. The number of amides is 2. The van der Waals surface area contributed by atoms with E-state index in [1.54, 1.807) is 12.1 Å². The molecule has 0 unspecified atom stereocenters. The molecule has 2 amide bonds. The zero-order valence-electron chi connectivity index (χ0n) is 11.8. The highest BCUT2D eigenvalue weighted by Crippen LogP contribution is 2.31. The average Bonchev–Trinajstić information content (AvgIpc) is 3.14. The summed E-state index contributed by atoms with van der Waals surface area (Å²) >= 11 is 6.04. The van der Waals surface area contributed by atoms with Crippen LogP contribution in [0, 0.1) is 11.6 Å². The van der Waals surface area contributed by atoms with E-state index in [0.717, 1.165) is 35.0 Å². The van der Waals surface area contributed by atoms with Crippen molar-refractivity contribution in [2.24, 2.45) is 0 Å². The van der Waals surface area contributed by atoms with Crippen molar-refractivity contribution in [1.29, 1.82) is 0 Å². The number of thiocarbonyl (C=S) groups is 1. The Kier molecular flexibility index (Phi) is 4.45. The first kappa shape index (κ1) is 16.3. The normalized spacial score (nSPS) is 16.1. The molecule has 1 aliphatic rings. The van der Waals surface area contributed by atoms with Crippen molar-refractivity contribution in [3.05, 3.63) is 64.5 Å². The molecule has 1 fully saturated rings. The van der Waals surface area contributed by atoms with E-state index in [-0.39, 0.29) is 14.8 Å². The van der Waals surface area contributed by atoms with Crippen LogP contribution in [0.15, 0.2) is 45.9 Å². The lowest BCUT2D eigenvalue weighted by Gasteiger charge is -2.15. The van der Waals surface area contributed by atoms with E-state index in [9.17, 15) is 18.4 Å². The second-order valence-electron chi connectivity index (χ2n) is 4.60. The van der Waals surface area contributed by atoms with Crippen molar-refractivity contribution in [2.45, 2.75) is 0 Å². The molecule has 2 aromatic rings. The molecule has 0 aliphatic carbocycles. The van der Waals surface area contributed by atoms with E-state index in [4.69, 9.17) is 16.6 Å². The van der Waals surface area contributed by atoms with Crippen molar-refractivity contribution in [1.82, 2.24) is 10.4 Å². The number of halogens is 2. The number of rotatable bonds is 3. The third-order valence-electron chi connectivity index (χ3n) is 3.01. The molecule has 1 aromatic heterocycles. The van der Waals surface area contributed by atoms with Gasteiger partial charge in [0.15, 0.2) is 16.0 Å². The highest BCUT2D eigenvalue weighted by molar-refractivity contribution is 8.26. The van der Waals surface area contributed by atoms with Crippen LogP contribution in [-0.2, 0) is 4.79 Å². The Hall–Kier alpha value is -2.52. The number of carbonyl (C=O) groups excluding carboxylic acids is 2. The molecule has 0 radical (unpaired) electrons. The van der Waals surface area contributed by atoms with Crippen molar-refractivity contribution < 1.29 is 22.8 Å². The molecule has 1 saturated heterocycles. The van der Waals surface area contributed by atoms with Crippen LogP contribution >= 0.6 is 24.0 Å². The molecule has 9 heteroatoms. The molecule has 0 bridgehead atoms. The van der Waals surface area contributed by atoms with E-state index < -0.39 is 23.4 Å². The fourth-order valence-electron chi connectivity index (χ4n) is 1.87. The van der Waals surface area contributed by atoms with Crippen LogP contribution in [0.3, 0.4) is 0 Å². The highest BCUT2D eigenvalue weighted by Gasteiger charge is 2.34. The molecule has 1 N–H and O–H groups in total. The lowest BCUT2D eigenvalue weighted by Crippen LogP contribution is -2.44. The van der Waals surface area contributed by atoms with Crippen LogP contribution in [0.5, 0.6) is 0 Å². The van der Waals surface area contributed by atoms with Crippen molar-refractivity contribution in [3.8, 4) is 0 Å². The van der Waals surface area contributed by atoms with Gasteiger partial charge in [0.2, 0.25) is 0 Å². The number of carbonyl (C=O) groups is 2. The van der Waals surface area contributed by atoms with E-state index >= 15 is 0 Å². The second kappa shape index (κ2) is 6.54. The van der Waals surface area contributed by atoms with Gasteiger partial charge in [-0.05, 0) is 42.5 Å². The monoisotopic (exact) mass is 366 g/mol. The molecule has 0 atom stereocenters. The lowest BCUT2D eigenvalue weighted by molar-refractivity contribution is -0.123. The molecule has 3 rings (SSSR count). The van der Waals surface area contributed by atoms with Gasteiger partial charge in [0, 0.05) is 11.6 Å². The molecule has 5 nitrogen and oxygen atoms in total. The number of hydrogen-bond acceptors (Lipinski definition) is 5. The minimum Gasteiger partial charge on any atom is -0.465 e. The summed E-state index contributed by atoms with van der Waals surface area (Å²) in [5, 5.41) is 0.873. The van der Waals surface area contributed by atoms with Gasteiger partial charge >= 0.3 is 0 Å². The van der Waals surface area contributed by atoms with Crippen LogP contribution < -0.4 is 5.43 Å². The first-order chi connectivity index (χ1) is 11.5. The number of thioether (sulfide) groups is 1. The number of nitrogens with zero attached hydrogens (tertiary/aromatic N) is 1. The number of hydrogen-bond donors (Lipinski definition) is 1. The van der Waals surface area contributed by atoms with Crippen LogP contribution in [0.4, 0.5) is 8.78 Å². The largest absolute Gasteiger partial charge is 0.465 e. The van der Waals surface area contributed by atoms with Crippen LogP contribution in [-0.4, -0.2) is 21.1 Å². The molecule has 1 aliphatic heterocycles. The predicted octanol–water partition coefficient (Wildman–Crippen LogP) is 3.10. The fourth-order valence-corrected chi connectivity index (χ4v) is 3.03. The summed E-state index contributed by atoms with van der Waals surface area (Å²) in [6.07, 6.45) is 2.94. The fraction of sp³-hybridized carbons (Fsp3) is 0. The van der Waals surface area contributed by atoms with Gasteiger partial charge in [0.05, 0.1) is 11.2 Å². The molecule has 0 spiro atoms. The summed E-state index contributed by atoms with van der Waals surface area (Å²) in [5.74, 6) is -3.10. The Balaban J connectivity index is 1.77. The smallest absolute Gasteiger partial charge is 0.285 e. The van der Waals surface area contributed by atoms with Gasteiger partial charge in [-0.2, -0.15) is 5.01 Å². The number of nitrogens with one attached hydrogen (secondary N) is 1. The van der Waals surface area contributed by atoms with Gasteiger partial charge in [0.1, 0.15) is 5.76 Å². The van der Waals surface area contributed by atoms with Gasteiger partial charge in [-0.1, -0.05) is 11.8 Å². The summed E-state index contributed by atoms with van der Waals surface area (Å²) in [4.78, 5) is 24.6. The number of benzene rings is 1. The lowest BCUT2D eigenvalue weighted by atomic mass is 10.2. The molecule has 24 heavy (non-hydrogen) atoms. The van der Waals surface area contributed by atoms with Gasteiger partial charge < -0.3 is 4.42 Å². The molecule has 0 saturated carbocycles. The standard InChI is InChI=1S/C15H8F2N2O3S2/c16-10-4-3-8(6-11(10)17)13(20)18-19-14(21)12(24-15(19)23)7-9-2-1-5-22-9/h1-7H,(H,18,20)/b12-7+. The van der Waals surface area contributed by atoms with Crippen LogP contribution in [0.25, 0.3) is 6.08 Å². The Morgan fingerprint density at radius 1 is 1.29 bits per heavy atom. The molecule has 2 heterocycles. The second-order valence-corrected chi connectivity index (χ2v) is 6.28. The summed E-state index contributed by atoms with van der Waals surface area (Å²) in [7, 11) is 0. The van der Waals surface area contributed by atoms with E-state index in [0.29, 0.717) is 5.76 Å². The van der Waals surface area contributed by atoms with E-state index in [2.05, 4.69) is 5.43 Å². The van der Waals surface area contributed by atoms with Crippen molar-refractivity contribution in [3.63, 3.8) is 0 Å². The Morgan fingerprint density at radius 3 is 2.75 bits per heavy atom. The Labute approximate surface area is 144 Å². The third-order valence-corrected chi connectivity index (χ3v) is 4.31. The quantitative estimate of drug-likeness (QED) is 0.668. The van der Waals surface area contributed by atoms with Crippen LogP contribution in [0.2, 0.25) is 0 Å². The van der Waals surface area contributed by atoms with E-state index in [1.807, 2.05) is 0 Å². The van der Waals surface area contributed by atoms with Gasteiger partial charge in [-0.15, -0.1) is 0 Å². The van der Waals surface area contributed by atoms with Gasteiger partial charge in [-0.3, -0.25) is 15.0 Å². The Bertz CT molecular complexity index is 866. The third kappa shape index (κ3) is 3.22. The van der Waals surface area contributed by atoms with Gasteiger partial charge in [0.25, 0.3) is 11.8 Å². The van der Waals surface area contributed by atoms with Crippen molar-refractivity contribution in [2.75, 3.05) is 0 Å². The minimum atomic E-state index is -1.16. The zero-order chi connectivity index (χ0) is 17.3. The zero-order valence-corrected chi connectivity index (χ0v) is 13.4. The minimum absolute atomic E-state index is 0.105. The first-order valence-corrected chi connectivity index (χ1v) is 7.75. The van der Waals surface area contributed by atoms with Crippen molar-refractivity contribution >= 4 is 46.2 Å². The number of furan rings is 1. The molecule has 122 valence electrons. The average molecular weight is 366 g/mol. The van der Waals surface area contributed by atoms with E-state index in [1.165, 1.54) is 12.3 Å². The Morgan fingerprint density at radius 2 is 2.08 bits per heavy atom. The molecular weight excluding hydrogens is 358 g/mol. The summed E-state index contributed by atoms with van der Waals surface area (Å²) in [6, 6.07) is 5.99.